The maximum atomic E-state index is 4.29. The molecule has 0 aliphatic rings. The quantitative estimate of drug-likeness (QED) is 0.730. The fourth-order valence-corrected chi connectivity index (χ4v) is 2.48. The highest BCUT2D eigenvalue weighted by Crippen LogP contribution is 2.24. The van der Waals surface area contributed by atoms with Crippen LogP contribution in [0.25, 0.3) is 11.1 Å². The van der Waals surface area contributed by atoms with Crippen LogP contribution in [0.3, 0.4) is 0 Å². The number of aromatic nitrogens is 2. The van der Waals surface area contributed by atoms with Gasteiger partial charge in [-0.25, -0.2) is 9.97 Å². The van der Waals surface area contributed by atoms with Crippen LogP contribution in [-0.4, -0.2) is 9.97 Å². The van der Waals surface area contributed by atoms with Crippen molar-refractivity contribution in [3.05, 3.63) is 76.7 Å². The molecule has 110 valence electrons. The topological polar surface area (TPSA) is 37.8 Å². The number of benzene rings is 2. The first kappa shape index (κ1) is 14.7. The molecule has 0 radical (unpaired) electrons. The summed E-state index contributed by atoms with van der Waals surface area (Å²) in [6.45, 7) is 2.81. The maximum absolute atomic E-state index is 4.29. The molecule has 3 nitrogen and oxygen atoms in total. The van der Waals surface area contributed by atoms with E-state index in [1.807, 2.05) is 0 Å². The van der Waals surface area contributed by atoms with Gasteiger partial charge in [0.1, 0.15) is 10.4 Å². The zero-order chi connectivity index (χ0) is 15.4. The number of halogens is 1. The molecule has 0 fully saturated rings. The Bertz CT molecular complexity index is 752. The Morgan fingerprint density at radius 1 is 0.955 bits per heavy atom. The van der Waals surface area contributed by atoms with Crippen molar-refractivity contribution in [1.82, 2.24) is 9.97 Å². The average Bonchev–Trinajstić information content (AvgIpc) is 2.55. The zero-order valence-corrected chi connectivity index (χ0v) is 13.8. The molecule has 0 saturated carbocycles. The number of anilines is 1. The second kappa shape index (κ2) is 6.71. The van der Waals surface area contributed by atoms with E-state index in [1.54, 1.807) is 12.4 Å². The third-order valence-corrected chi connectivity index (χ3v) is 3.87. The molecule has 0 amide bonds. The van der Waals surface area contributed by atoms with Crippen LogP contribution in [-0.2, 0) is 6.54 Å². The van der Waals surface area contributed by atoms with Gasteiger partial charge < -0.3 is 5.32 Å². The van der Waals surface area contributed by atoms with Crippen LogP contribution >= 0.6 is 15.9 Å². The van der Waals surface area contributed by atoms with Gasteiger partial charge in [-0.15, -0.1) is 0 Å². The highest BCUT2D eigenvalue weighted by Gasteiger charge is 2.05. The summed E-state index contributed by atoms with van der Waals surface area (Å²) in [5, 5.41) is 3.32. The van der Waals surface area contributed by atoms with Gasteiger partial charge in [0, 0.05) is 6.54 Å². The Hall–Kier alpha value is -2.20. The fourth-order valence-electron chi connectivity index (χ4n) is 2.28. The first-order valence-electron chi connectivity index (χ1n) is 7.09. The standard InChI is InChI=1S/C18H16BrN3/c1-13-6-8-14(9-7-13)16-5-3-2-4-15(16)10-21-18-12-20-17(19)11-22-18/h2-9,11-12H,10H2,1H3,(H,21,22). The Morgan fingerprint density at radius 2 is 1.73 bits per heavy atom. The van der Waals surface area contributed by atoms with Crippen molar-refractivity contribution in [1.29, 1.82) is 0 Å². The van der Waals surface area contributed by atoms with Gasteiger partial charge in [-0.05, 0) is 39.5 Å². The number of nitrogens with zero attached hydrogens (tertiary/aromatic N) is 2. The van der Waals surface area contributed by atoms with Gasteiger partial charge in [-0.2, -0.15) is 0 Å². The summed E-state index contributed by atoms with van der Waals surface area (Å²) in [6.07, 6.45) is 3.41. The Kier molecular flexibility index (Phi) is 4.49. The minimum absolute atomic E-state index is 0.709. The van der Waals surface area contributed by atoms with Gasteiger partial charge >= 0.3 is 0 Å². The van der Waals surface area contributed by atoms with Crippen LogP contribution in [0.15, 0.2) is 65.5 Å². The minimum atomic E-state index is 0.709. The molecule has 0 aliphatic carbocycles. The first-order chi connectivity index (χ1) is 10.7. The molecule has 2 aromatic carbocycles. The molecule has 0 atom stereocenters. The minimum Gasteiger partial charge on any atom is -0.365 e. The number of rotatable bonds is 4. The van der Waals surface area contributed by atoms with E-state index in [9.17, 15) is 0 Å². The predicted molar refractivity (Wildman–Crippen MR) is 93.7 cm³/mol. The molecule has 3 aromatic rings. The summed E-state index contributed by atoms with van der Waals surface area (Å²) in [7, 11) is 0. The molecule has 0 spiro atoms. The highest BCUT2D eigenvalue weighted by atomic mass is 79.9. The van der Waals surface area contributed by atoms with Crippen LogP contribution in [0, 0.1) is 6.92 Å². The number of nitrogens with one attached hydrogen (secondary N) is 1. The summed E-state index contributed by atoms with van der Waals surface area (Å²) in [5.74, 6) is 0.766. The van der Waals surface area contributed by atoms with Crippen molar-refractivity contribution in [3.8, 4) is 11.1 Å². The number of aryl methyl sites for hydroxylation is 1. The van der Waals surface area contributed by atoms with Gasteiger partial charge in [0.25, 0.3) is 0 Å². The van der Waals surface area contributed by atoms with Crippen LogP contribution in [0.1, 0.15) is 11.1 Å². The van der Waals surface area contributed by atoms with E-state index < -0.39 is 0 Å². The smallest absolute Gasteiger partial charge is 0.144 e. The lowest BCUT2D eigenvalue weighted by atomic mass is 9.99. The van der Waals surface area contributed by atoms with E-state index in [1.165, 1.54) is 22.3 Å². The second-order valence-corrected chi connectivity index (χ2v) is 5.91. The summed E-state index contributed by atoms with van der Waals surface area (Å²) < 4.78 is 0.734. The van der Waals surface area contributed by atoms with Gasteiger partial charge in [0.05, 0.1) is 12.4 Å². The molecule has 0 aliphatic heterocycles. The van der Waals surface area contributed by atoms with Crippen LogP contribution < -0.4 is 5.32 Å². The Labute approximate surface area is 138 Å². The SMILES string of the molecule is Cc1ccc(-c2ccccc2CNc2cnc(Br)cn2)cc1. The van der Waals surface area contributed by atoms with Crippen LogP contribution in [0.2, 0.25) is 0 Å². The normalized spacial score (nSPS) is 10.5. The largest absolute Gasteiger partial charge is 0.365 e. The van der Waals surface area contributed by atoms with E-state index in [4.69, 9.17) is 0 Å². The molecular weight excluding hydrogens is 338 g/mol. The van der Waals surface area contributed by atoms with E-state index in [0.717, 1.165) is 10.4 Å². The number of hydrogen-bond donors (Lipinski definition) is 1. The molecule has 1 N–H and O–H groups in total. The molecule has 4 heteroatoms. The lowest BCUT2D eigenvalue weighted by Gasteiger charge is -2.11. The third-order valence-electron chi connectivity index (χ3n) is 3.46. The predicted octanol–water partition coefficient (Wildman–Crippen LogP) is 4.83. The number of hydrogen-bond acceptors (Lipinski definition) is 3. The van der Waals surface area contributed by atoms with Crippen molar-refractivity contribution in [2.24, 2.45) is 0 Å². The monoisotopic (exact) mass is 353 g/mol. The molecule has 1 aromatic heterocycles. The molecule has 0 saturated heterocycles. The van der Waals surface area contributed by atoms with Gasteiger partial charge in [-0.3, -0.25) is 0 Å². The van der Waals surface area contributed by atoms with E-state index in [0.29, 0.717) is 6.54 Å². The Morgan fingerprint density at radius 3 is 2.45 bits per heavy atom. The van der Waals surface area contributed by atoms with Crippen molar-refractivity contribution >= 4 is 21.7 Å². The average molecular weight is 354 g/mol. The lowest BCUT2D eigenvalue weighted by Crippen LogP contribution is -2.03. The lowest BCUT2D eigenvalue weighted by molar-refractivity contribution is 1.08. The molecule has 22 heavy (non-hydrogen) atoms. The van der Waals surface area contributed by atoms with Crippen LogP contribution in [0.4, 0.5) is 5.82 Å². The molecule has 0 unspecified atom stereocenters. The molecule has 1 heterocycles. The van der Waals surface area contributed by atoms with E-state index in [-0.39, 0.29) is 0 Å². The maximum Gasteiger partial charge on any atom is 0.144 e. The fraction of sp³-hybridized carbons (Fsp3) is 0.111. The van der Waals surface area contributed by atoms with E-state index >= 15 is 0 Å². The van der Waals surface area contributed by atoms with Crippen molar-refractivity contribution in [3.63, 3.8) is 0 Å². The third kappa shape index (κ3) is 3.52. The zero-order valence-electron chi connectivity index (χ0n) is 12.3. The van der Waals surface area contributed by atoms with E-state index in [2.05, 4.69) is 86.7 Å². The van der Waals surface area contributed by atoms with Crippen molar-refractivity contribution < 1.29 is 0 Å². The molecular formula is C18H16BrN3. The summed E-state index contributed by atoms with van der Waals surface area (Å²) in [5.41, 5.74) is 4.96. The van der Waals surface area contributed by atoms with Gasteiger partial charge in [0.15, 0.2) is 0 Å². The molecule has 3 rings (SSSR count). The first-order valence-corrected chi connectivity index (χ1v) is 7.88. The summed E-state index contributed by atoms with van der Waals surface area (Å²) in [4.78, 5) is 8.46. The van der Waals surface area contributed by atoms with Gasteiger partial charge in [-0.1, -0.05) is 54.1 Å². The van der Waals surface area contributed by atoms with Crippen molar-refractivity contribution in [2.75, 3.05) is 5.32 Å². The summed E-state index contributed by atoms with van der Waals surface area (Å²) >= 11 is 3.29. The van der Waals surface area contributed by atoms with Crippen LogP contribution in [0.5, 0.6) is 0 Å². The van der Waals surface area contributed by atoms with Crippen molar-refractivity contribution in [2.45, 2.75) is 13.5 Å². The summed E-state index contributed by atoms with van der Waals surface area (Å²) in [6, 6.07) is 17.0. The second-order valence-electron chi connectivity index (χ2n) is 5.10. The highest BCUT2D eigenvalue weighted by molar-refractivity contribution is 9.10. The molecule has 0 bridgehead atoms. The van der Waals surface area contributed by atoms with Gasteiger partial charge in [0.2, 0.25) is 0 Å². The Balaban J connectivity index is 1.82.